The van der Waals surface area contributed by atoms with E-state index in [1.165, 1.54) is 18.4 Å². The minimum Gasteiger partial charge on any atom is -0.394 e. The van der Waals surface area contributed by atoms with Crippen LogP contribution >= 0.6 is 0 Å². The molecule has 2 N–H and O–H groups in total. The lowest BCUT2D eigenvalue weighted by atomic mass is 9.83. The topological polar surface area (TPSA) is 67.2 Å². The molecule has 3 aromatic rings. The molecule has 1 saturated carbocycles. The second-order valence-electron chi connectivity index (χ2n) is 8.52. The van der Waals surface area contributed by atoms with E-state index in [2.05, 4.69) is 39.1 Å². The molecule has 1 amide bonds. The van der Waals surface area contributed by atoms with Crippen LogP contribution in [0.25, 0.3) is 0 Å². The first-order chi connectivity index (χ1) is 15.2. The van der Waals surface area contributed by atoms with Gasteiger partial charge >= 0.3 is 0 Å². The number of amides is 1. The minimum absolute atomic E-state index is 0.00741. The molecule has 1 aliphatic rings. The first-order valence-electron chi connectivity index (χ1n) is 11.2. The number of nitrogens with zero attached hydrogens (tertiary/aromatic N) is 2. The summed E-state index contributed by atoms with van der Waals surface area (Å²) in [6, 6.07) is 17.7. The van der Waals surface area contributed by atoms with Crippen molar-refractivity contribution in [1.29, 1.82) is 0 Å². The summed E-state index contributed by atoms with van der Waals surface area (Å²) in [4.78, 5) is 17.7. The third-order valence-corrected chi connectivity index (χ3v) is 6.47. The maximum Gasteiger partial charge on any atom is 0.228 e. The molecular weight excluding hydrogens is 386 g/mol. The van der Waals surface area contributed by atoms with E-state index in [9.17, 15) is 9.90 Å². The quantitative estimate of drug-likeness (QED) is 0.572. The SMILES string of the molecule is Cc1nccn1Cc1ccc(C(C(=O)NC(CO)c2ccccc2)C2CCCC2)cc1. The Kier molecular flexibility index (Phi) is 6.82. The highest BCUT2D eigenvalue weighted by Gasteiger charge is 2.33. The van der Waals surface area contributed by atoms with Gasteiger partial charge in [-0.25, -0.2) is 4.98 Å². The third-order valence-electron chi connectivity index (χ3n) is 6.47. The fraction of sp³-hybridized carbons (Fsp3) is 0.385. The van der Waals surface area contributed by atoms with Crippen LogP contribution in [0.4, 0.5) is 0 Å². The maximum atomic E-state index is 13.4. The number of hydrogen-bond donors (Lipinski definition) is 2. The van der Waals surface area contributed by atoms with E-state index in [1.807, 2.05) is 49.6 Å². The molecule has 4 rings (SSSR count). The van der Waals surface area contributed by atoms with Crippen LogP contribution < -0.4 is 5.32 Å². The Morgan fingerprint density at radius 2 is 1.81 bits per heavy atom. The molecule has 0 radical (unpaired) electrons. The van der Waals surface area contributed by atoms with Gasteiger partial charge in [0.25, 0.3) is 0 Å². The van der Waals surface area contributed by atoms with Crippen LogP contribution in [0.5, 0.6) is 0 Å². The van der Waals surface area contributed by atoms with E-state index in [4.69, 9.17) is 0 Å². The highest BCUT2D eigenvalue weighted by Crippen LogP contribution is 2.38. The zero-order valence-corrected chi connectivity index (χ0v) is 18.1. The van der Waals surface area contributed by atoms with Crippen LogP contribution in [0.2, 0.25) is 0 Å². The predicted molar refractivity (Wildman–Crippen MR) is 122 cm³/mol. The molecule has 0 bridgehead atoms. The summed E-state index contributed by atoms with van der Waals surface area (Å²) in [5.41, 5.74) is 3.17. The van der Waals surface area contributed by atoms with Gasteiger partial charge in [0.05, 0.1) is 18.6 Å². The number of imidazole rings is 1. The lowest BCUT2D eigenvalue weighted by molar-refractivity contribution is -0.124. The Morgan fingerprint density at radius 1 is 1.10 bits per heavy atom. The van der Waals surface area contributed by atoms with Gasteiger partial charge in [-0.2, -0.15) is 0 Å². The zero-order valence-electron chi connectivity index (χ0n) is 18.1. The molecular formula is C26H31N3O2. The number of aliphatic hydroxyl groups excluding tert-OH is 1. The average Bonchev–Trinajstić information content (AvgIpc) is 3.46. The zero-order chi connectivity index (χ0) is 21.6. The molecule has 2 unspecified atom stereocenters. The first-order valence-corrected chi connectivity index (χ1v) is 11.2. The third kappa shape index (κ3) is 5.05. The van der Waals surface area contributed by atoms with Gasteiger partial charge in [0.15, 0.2) is 0 Å². The molecule has 1 aliphatic carbocycles. The highest BCUT2D eigenvalue weighted by atomic mass is 16.3. The van der Waals surface area contributed by atoms with Gasteiger partial charge in [-0.15, -0.1) is 0 Å². The molecule has 0 saturated heterocycles. The van der Waals surface area contributed by atoms with Gasteiger partial charge in [-0.1, -0.05) is 67.4 Å². The molecule has 1 fully saturated rings. The van der Waals surface area contributed by atoms with Crippen molar-refractivity contribution in [3.8, 4) is 0 Å². The Balaban J connectivity index is 1.53. The van der Waals surface area contributed by atoms with Crippen molar-refractivity contribution in [2.45, 2.75) is 51.1 Å². The van der Waals surface area contributed by atoms with E-state index >= 15 is 0 Å². The van der Waals surface area contributed by atoms with E-state index in [0.717, 1.165) is 36.3 Å². The average molecular weight is 418 g/mol. The number of hydrogen-bond acceptors (Lipinski definition) is 3. The predicted octanol–water partition coefficient (Wildman–Crippen LogP) is 4.36. The van der Waals surface area contributed by atoms with Crippen molar-refractivity contribution in [3.05, 3.63) is 89.5 Å². The summed E-state index contributed by atoms with van der Waals surface area (Å²) in [6.45, 7) is 2.66. The van der Waals surface area contributed by atoms with Crippen molar-refractivity contribution in [2.75, 3.05) is 6.61 Å². The number of carbonyl (C=O) groups excluding carboxylic acids is 1. The van der Waals surface area contributed by atoms with E-state index < -0.39 is 0 Å². The molecule has 0 aliphatic heterocycles. The number of rotatable bonds is 8. The van der Waals surface area contributed by atoms with Crippen molar-refractivity contribution in [2.24, 2.45) is 5.92 Å². The summed E-state index contributed by atoms with van der Waals surface area (Å²) in [5.74, 6) is 1.15. The van der Waals surface area contributed by atoms with Gasteiger partial charge < -0.3 is 15.0 Å². The summed E-state index contributed by atoms with van der Waals surface area (Å²) in [6.07, 6.45) is 8.29. The number of nitrogens with one attached hydrogen (secondary N) is 1. The molecule has 162 valence electrons. The summed E-state index contributed by atoms with van der Waals surface area (Å²) in [7, 11) is 0. The lowest BCUT2D eigenvalue weighted by Crippen LogP contribution is -2.37. The maximum absolute atomic E-state index is 13.4. The largest absolute Gasteiger partial charge is 0.394 e. The second kappa shape index (κ2) is 9.92. The van der Waals surface area contributed by atoms with E-state index in [0.29, 0.717) is 5.92 Å². The molecule has 5 heteroatoms. The normalized spacial score (nSPS) is 16.2. The van der Waals surface area contributed by atoms with Crippen molar-refractivity contribution in [1.82, 2.24) is 14.9 Å². The molecule has 1 aromatic heterocycles. The van der Waals surface area contributed by atoms with Gasteiger partial charge in [-0.05, 0) is 42.4 Å². The first kappa shape index (κ1) is 21.3. The highest BCUT2D eigenvalue weighted by molar-refractivity contribution is 5.84. The van der Waals surface area contributed by atoms with Gasteiger partial charge in [0, 0.05) is 18.9 Å². The number of aryl methyl sites for hydroxylation is 1. The Hall–Kier alpha value is -2.92. The molecule has 5 nitrogen and oxygen atoms in total. The van der Waals surface area contributed by atoms with E-state index in [1.54, 1.807) is 0 Å². The number of benzene rings is 2. The summed E-state index contributed by atoms with van der Waals surface area (Å²) in [5, 5.41) is 13.0. The van der Waals surface area contributed by atoms with Crippen LogP contribution in [-0.2, 0) is 11.3 Å². The number of aromatic nitrogens is 2. The van der Waals surface area contributed by atoms with Gasteiger partial charge in [-0.3, -0.25) is 4.79 Å². The molecule has 0 spiro atoms. The minimum atomic E-state index is -0.388. The number of aliphatic hydroxyl groups is 1. The monoisotopic (exact) mass is 417 g/mol. The molecule has 2 aromatic carbocycles. The van der Waals surface area contributed by atoms with Crippen molar-refractivity contribution in [3.63, 3.8) is 0 Å². The van der Waals surface area contributed by atoms with Crippen LogP contribution in [0.15, 0.2) is 67.0 Å². The van der Waals surface area contributed by atoms with Crippen LogP contribution in [-0.4, -0.2) is 27.2 Å². The second-order valence-corrected chi connectivity index (χ2v) is 8.52. The Morgan fingerprint density at radius 3 is 2.42 bits per heavy atom. The number of carbonyl (C=O) groups is 1. The summed E-state index contributed by atoms with van der Waals surface area (Å²) >= 11 is 0. The van der Waals surface area contributed by atoms with E-state index in [-0.39, 0.29) is 24.5 Å². The Bertz CT molecular complexity index is 975. The van der Waals surface area contributed by atoms with Crippen molar-refractivity contribution >= 4 is 5.91 Å². The lowest BCUT2D eigenvalue weighted by Gasteiger charge is -2.26. The van der Waals surface area contributed by atoms with Crippen LogP contribution in [0.1, 0.15) is 60.2 Å². The molecule has 1 heterocycles. The van der Waals surface area contributed by atoms with Crippen LogP contribution in [0.3, 0.4) is 0 Å². The van der Waals surface area contributed by atoms with Gasteiger partial charge in [0.2, 0.25) is 5.91 Å². The Labute approximate surface area is 184 Å². The smallest absolute Gasteiger partial charge is 0.228 e. The fourth-order valence-electron chi connectivity index (χ4n) is 4.71. The van der Waals surface area contributed by atoms with Crippen molar-refractivity contribution < 1.29 is 9.90 Å². The standard InChI is InChI=1S/C26H31N3O2/c1-19-27-15-16-29(19)17-20-11-13-23(14-12-20)25(22-9-5-6-10-22)26(31)28-24(18-30)21-7-3-2-4-8-21/h2-4,7-8,11-16,22,24-25,30H,5-6,9-10,17-18H2,1H3,(H,28,31). The van der Waals surface area contributed by atoms with Gasteiger partial charge in [0.1, 0.15) is 5.82 Å². The summed E-state index contributed by atoms with van der Waals surface area (Å²) < 4.78 is 2.11. The molecule has 31 heavy (non-hydrogen) atoms. The fourth-order valence-corrected chi connectivity index (χ4v) is 4.71. The molecule has 2 atom stereocenters. The van der Waals surface area contributed by atoms with Crippen LogP contribution in [0, 0.1) is 12.8 Å².